The number of carbonyl (C=O) groups is 1. The summed E-state index contributed by atoms with van der Waals surface area (Å²) >= 11 is 0. The van der Waals surface area contributed by atoms with E-state index in [0.717, 1.165) is 56.0 Å². The van der Waals surface area contributed by atoms with E-state index in [-0.39, 0.29) is 129 Å². The molecule has 0 saturated carbocycles. The topological polar surface area (TPSA) is 94.7 Å². The second kappa shape index (κ2) is 14.1. The number of nitrogens with zero attached hydrogens (tertiary/aromatic N) is 2. The number of aromatic nitrogens is 4. The third-order valence-electron chi connectivity index (χ3n) is 5.64. The second-order valence-electron chi connectivity index (χ2n) is 7.94. The molecule has 2 aliphatic heterocycles. The second-order valence-corrected chi connectivity index (χ2v) is 7.94. The molecule has 0 fully saturated rings. The zero-order valence-corrected chi connectivity index (χ0v) is 29.4. The molecular formula is C27H22N4Na4O2. The molecule has 4 aromatic rings. The van der Waals surface area contributed by atoms with E-state index in [9.17, 15) is 9.90 Å². The van der Waals surface area contributed by atoms with Crippen molar-refractivity contribution in [3.63, 3.8) is 0 Å². The number of carboxylic acid groups (broad SMARTS) is 1. The first-order valence-corrected chi connectivity index (χ1v) is 10.5. The summed E-state index contributed by atoms with van der Waals surface area (Å²) in [7, 11) is 0. The van der Waals surface area contributed by atoms with E-state index in [4.69, 9.17) is 4.98 Å². The molecule has 1 aromatic carbocycles. The first-order valence-electron chi connectivity index (χ1n) is 10.5. The van der Waals surface area contributed by atoms with Gasteiger partial charge in [0.05, 0.1) is 28.3 Å². The Morgan fingerprint density at radius 1 is 0.649 bits per heavy atom. The van der Waals surface area contributed by atoms with Gasteiger partial charge in [-0.1, -0.05) is 12.1 Å². The van der Waals surface area contributed by atoms with E-state index in [1.165, 1.54) is 0 Å². The van der Waals surface area contributed by atoms with Gasteiger partial charge < -0.3 is 20.8 Å². The van der Waals surface area contributed by atoms with Gasteiger partial charge in [-0.05, 0) is 84.5 Å². The van der Waals surface area contributed by atoms with Crippen LogP contribution >= 0.6 is 0 Å². The molecular weight excluding hydrogens is 504 g/mol. The summed E-state index contributed by atoms with van der Waals surface area (Å²) in [6.07, 6.45) is 7.93. The number of nitrogens with one attached hydrogen (secondary N) is 2. The molecule has 6 rings (SSSR count). The van der Waals surface area contributed by atoms with Crippen LogP contribution in [0.4, 0.5) is 0 Å². The molecule has 0 unspecified atom stereocenters. The maximum atomic E-state index is 11.3. The predicted molar refractivity (Wildman–Crippen MR) is 136 cm³/mol. The number of benzene rings is 1. The molecule has 3 N–H and O–H groups in total. The first-order chi connectivity index (χ1) is 16.1. The summed E-state index contributed by atoms with van der Waals surface area (Å²) < 4.78 is 0. The van der Waals surface area contributed by atoms with Crippen LogP contribution in [0.5, 0.6) is 0 Å². The van der Waals surface area contributed by atoms with Crippen molar-refractivity contribution in [2.75, 3.05) is 0 Å². The van der Waals surface area contributed by atoms with Crippen LogP contribution < -0.4 is 118 Å². The Morgan fingerprint density at radius 3 is 1.76 bits per heavy atom. The number of hydrogen-bond acceptors (Lipinski definition) is 3. The molecule has 5 heterocycles. The van der Waals surface area contributed by atoms with E-state index in [0.29, 0.717) is 0 Å². The zero-order chi connectivity index (χ0) is 22.4. The molecule has 0 radical (unpaired) electrons. The van der Waals surface area contributed by atoms with Crippen molar-refractivity contribution in [1.29, 1.82) is 0 Å². The summed E-state index contributed by atoms with van der Waals surface area (Å²) in [6, 6.07) is 20.9. The van der Waals surface area contributed by atoms with E-state index in [2.05, 4.69) is 15.0 Å². The van der Waals surface area contributed by atoms with E-state index in [1.54, 1.807) is 12.1 Å². The molecule has 0 amide bonds. The van der Waals surface area contributed by atoms with Crippen LogP contribution in [0.15, 0.2) is 66.7 Å². The molecule has 0 spiro atoms. The van der Waals surface area contributed by atoms with Crippen molar-refractivity contribution in [1.82, 2.24) is 19.9 Å². The Labute approximate surface area is 308 Å². The van der Waals surface area contributed by atoms with E-state index in [1.807, 2.05) is 78.9 Å². The zero-order valence-electron chi connectivity index (χ0n) is 25.4. The number of aromatic amines is 2. The van der Waals surface area contributed by atoms with Crippen LogP contribution in [0.2, 0.25) is 0 Å². The van der Waals surface area contributed by atoms with Gasteiger partial charge >= 0.3 is 124 Å². The fourth-order valence-corrected chi connectivity index (χ4v) is 4.09. The monoisotopic (exact) mass is 526 g/mol. The molecule has 0 aliphatic carbocycles. The summed E-state index contributed by atoms with van der Waals surface area (Å²) in [4.78, 5) is 27.7. The molecule has 3 aromatic heterocycles. The predicted octanol–water partition coefficient (Wildman–Crippen LogP) is -5.51. The van der Waals surface area contributed by atoms with E-state index >= 15 is 0 Å². The van der Waals surface area contributed by atoms with E-state index < -0.39 is 5.97 Å². The fourth-order valence-electron chi connectivity index (χ4n) is 4.09. The largest absolute Gasteiger partial charge is 1.00 e. The Morgan fingerprint density at radius 2 is 1.16 bits per heavy atom. The summed E-state index contributed by atoms with van der Waals surface area (Å²) in [5, 5.41) is 9.28. The van der Waals surface area contributed by atoms with Gasteiger partial charge in [-0.2, -0.15) is 0 Å². The van der Waals surface area contributed by atoms with Crippen LogP contribution in [0.1, 0.15) is 38.8 Å². The molecule has 2 aliphatic rings. The number of aromatic carboxylic acids is 1. The van der Waals surface area contributed by atoms with Crippen LogP contribution in [0.25, 0.3) is 57.5 Å². The maximum Gasteiger partial charge on any atom is 1.00 e. The molecule has 0 saturated heterocycles. The van der Waals surface area contributed by atoms with Gasteiger partial charge in [-0.3, -0.25) is 0 Å². The van der Waals surface area contributed by atoms with Gasteiger partial charge in [0.25, 0.3) is 0 Å². The van der Waals surface area contributed by atoms with Crippen molar-refractivity contribution in [2.24, 2.45) is 0 Å². The van der Waals surface area contributed by atoms with Crippen molar-refractivity contribution in [3.05, 3.63) is 95.1 Å². The van der Waals surface area contributed by atoms with Gasteiger partial charge in [-0.25, -0.2) is 14.8 Å². The Bertz CT molecular complexity index is 1670. The van der Waals surface area contributed by atoms with Crippen molar-refractivity contribution in [3.8, 4) is 11.1 Å². The Hall–Kier alpha value is -0.710. The van der Waals surface area contributed by atoms with Gasteiger partial charge in [-0.15, -0.1) is 0 Å². The van der Waals surface area contributed by atoms with Gasteiger partial charge in [0, 0.05) is 27.6 Å². The maximum absolute atomic E-state index is 11.3. The average Bonchev–Trinajstić information content (AvgIpc) is 3.60. The van der Waals surface area contributed by atoms with Crippen molar-refractivity contribution < 1.29 is 134 Å². The summed E-state index contributed by atoms with van der Waals surface area (Å²) in [5.74, 6) is -0.950. The fraction of sp³-hybridized carbons (Fsp3) is 0. The minimum atomic E-state index is -0.950. The smallest absolute Gasteiger partial charge is 1.00 e. The van der Waals surface area contributed by atoms with Gasteiger partial charge in [0.1, 0.15) is 0 Å². The molecule has 37 heavy (non-hydrogen) atoms. The van der Waals surface area contributed by atoms with Gasteiger partial charge in [0.2, 0.25) is 0 Å². The number of H-pyrrole nitrogens is 2. The van der Waals surface area contributed by atoms with Crippen molar-refractivity contribution in [2.45, 2.75) is 0 Å². The standard InChI is InChI=1S/C27H18N4O2.4Na.4H/c32-27(33)17-3-1-16(2-4-17)26-24-11-9-22(30-24)14-20-7-5-18(28-20)13-19-6-8-21(29-19)15-23-10-12-25(26)31-23;;;;;;;;/h1-15,28,31H,(H,32,33);;;;;;;;/q;4*+1;4*-1. The Kier molecular flexibility index (Phi) is 12.4. The number of carboxylic acids is 1. The molecule has 6 nitrogen and oxygen atoms in total. The quantitative estimate of drug-likeness (QED) is 0.196. The summed E-state index contributed by atoms with van der Waals surface area (Å²) in [5.41, 5.74) is 9.13. The Balaban J connectivity index is -0.00000180. The molecule has 8 bridgehead atoms. The number of hydrogen-bond donors (Lipinski definition) is 3. The molecule has 10 heteroatoms. The minimum Gasteiger partial charge on any atom is -1.00 e. The first kappa shape index (κ1) is 32.5. The normalized spacial score (nSPS) is 10.9. The number of fused-ring (bicyclic) bond motifs is 8. The minimum absolute atomic E-state index is 0. The van der Waals surface area contributed by atoms with Crippen LogP contribution in [0.3, 0.4) is 0 Å². The SMILES string of the molecule is O=C(O)c1ccc(-c2c3nc(cc4ccc(cc5nc(cc6ccc2[nH]6)C=C5)[nH]4)C=C3)cc1.[H-].[H-].[H-].[H-].[Na+].[Na+].[Na+].[Na+]. The third-order valence-corrected chi connectivity index (χ3v) is 5.64. The van der Waals surface area contributed by atoms with Crippen LogP contribution in [-0.2, 0) is 0 Å². The van der Waals surface area contributed by atoms with Crippen LogP contribution in [0, 0.1) is 0 Å². The number of rotatable bonds is 2. The van der Waals surface area contributed by atoms with Crippen molar-refractivity contribution >= 4 is 52.3 Å². The summed E-state index contributed by atoms with van der Waals surface area (Å²) in [6.45, 7) is 0. The van der Waals surface area contributed by atoms with Gasteiger partial charge in [0.15, 0.2) is 0 Å². The average molecular weight is 526 g/mol. The van der Waals surface area contributed by atoms with Crippen LogP contribution in [-0.4, -0.2) is 31.0 Å². The molecule has 166 valence electrons. The third kappa shape index (κ3) is 7.28. The molecule has 0 atom stereocenters.